The van der Waals surface area contributed by atoms with E-state index in [2.05, 4.69) is 0 Å². The highest BCUT2D eigenvalue weighted by Crippen LogP contribution is 2.33. The zero-order valence-corrected chi connectivity index (χ0v) is 18.4. The first-order chi connectivity index (χ1) is 13.8. The maximum atomic E-state index is 12.8. The van der Waals surface area contributed by atoms with Crippen molar-refractivity contribution in [3.05, 3.63) is 23.3 Å². The lowest BCUT2D eigenvalue weighted by molar-refractivity contribution is -0.133. The molecule has 0 radical (unpaired) electrons. The molecule has 0 atom stereocenters. The third-order valence-electron chi connectivity index (χ3n) is 5.55. The smallest absolute Gasteiger partial charge is 0.281 e. The van der Waals surface area contributed by atoms with Crippen molar-refractivity contribution in [2.45, 2.75) is 13.0 Å². The van der Waals surface area contributed by atoms with Gasteiger partial charge in [-0.05, 0) is 29.7 Å². The van der Waals surface area contributed by atoms with Gasteiger partial charge in [0.2, 0.25) is 5.91 Å². The first-order valence-electron chi connectivity index (χ1n) is 9.67. The second-order valence-electron chi connectivity index (χ2n) is 7.51. The highest BCUT2D eigenvalue weighted by atomic mass is 32.2. The SMILES string of the molecule is COc1cc2c(cc1OC)CN(C(=O)CN1CCN(S(=O)(=O)N(C)C)CC1)CC2. The number of hydrogen-bond donors (Lipinski definition) is 0. The number of hydrogen-bond acceptors (Lipinski definition) is 6. The summed E-state index contributed by atoms with van der Waals surface area (Å²) in [6.07, 6.45) is 0.774. The molecule has 2 aliphatic rings. The number of nitrogens with zero attached hydrogens (tertiary/aromatic N) is 4. The molecule has 9 nitrogen and oxygen atoms in total. The average Bonchev–Trinajstić information content (AvgIpc) is 2.72. The Kier molecular flexibility index (Phi) is 6.67. The topological polar surface area (TPSA) is 82.6 Å². The molecular weight excluding hydrogens is 396 g/mol. The summed E-state index contributed by atoms with van der Waals surface area (Å²) >= 11 is 0. The molecule has 1 fully saturated rings. The monoisotopic (exact) mass is 426 g/mol. The van der Waals surface area contributed by atoms with Gasteiger partial charge in [0.1, 0.15) is 0 Å². The van der Waals surface area contributed by atoms with Gasteiger partial charge in [0.25, 0.3) is 10.2 Å². The maximum Gasteiger partial charge on any atom is 0.281 e. The summed E-state index contributed by atoms with van der Waals surface area (Å²) < 4.78 is 37.9. The number of fused-ring (bicyclic) bond motifs is 1. The van der Waals surface area contributed by atoms with Crippen LogP contribution in [0.2, 0.25) is 0 Å². The molecule has 0 N–H and O–H groups in total. The summed E-state index contributed by atoms with van der Waals surface area (Å²) in [7, 11) is 2.89. The van der Waals surface area contributed by atoms with Gasteiger partial charge in [0.05, 0.1) is 20.8 Å². The zero-order chi connectivity index (χ0) is 21.2. The molecule has 0 spiro atoms. The largest absolute Gasteiger partial charge is 0.493 e. The second-order valence-corrected chi connectivity index (χ2v) is 9.65. The van der Waals surface area contributed by atoms with Gasteiger partial charge in [-0.25, -0.2) is 0 Å². The molecule has 3 rings (SSSR count). The molecule has 10 heteroatoms. The number of amides is 1. The second kappa shape index (κ2) is 8.86. The molecular formula is C19H30N4O5S. The van der Waals surface area contributed by atoms with Gasteiger partial charge in [-0.15, -0.1) is 0 Å². The van der Waals surface area contributed by atoms with Crippen LogP contribution in [-0.2, 0) is 28.0 Å². The van der Waals surface area contributed by atoms with Crippen molar-refractivity contribution in [1.82, 2.24) is 18.4 Å². The minimum atomic E-state index is -3.40. The normalized spacial score (nSPS) is 18.6. The van der Waals surface area contributed by atoms with Crippen molar-refractivity contribution < 1.29 is 22.7 Å². The maximum absolute atomic E-state index is 12.8. The van der Waals surface area contributed by atoms with Crippen molar-refractivity contribution in [1.29, 1.82) is 0 Å². The van der Waals surface area contributed by atoms with Gasteiger partial charge in [0.15, 0.2) is 11.5 Å². The Hall–Kier alpha value is -1.88. The predicted molar refractivity (Wildman–Crippen MR) is 109 cm³/mol. The summed E-state index contributed by atoms with van der Waals surface area (Å²) in [6.45, 7) is 3.40. The van der Waals surface area contributed by atoms with Crippen LogP contribution in [0.1, 0.15) is 11.1 Å². The Morgan fingerprint density at radius 2 is 1.59 bits per heavy atom. The predicted octanol–water partition coefficient (Wildman–Crippen LogP) is 0.0125. The van der Waals surface area contributed by atoms with Gasteiger partial charge in [-0.2, -0.15) is 17.0 Å². The number of methoxy groups -OCH3 is 2. The van der Waals surface area contributed by atoms with Crippen molar-refractivity contribution in [2.24, 2.45) is 0 Å². The lowest BCUT2D eigenvalue weighted by Gasteiger charge is -2.36. The van der Waals surface area contributed by atoms with Gasteiger partial charge in [-0.3, -0.25) is 9.69 Å². The fraction of sp³-hybridized carbons (Fsp3) is 0.632. The molecule has 2 heterocycles. The van der Waals surface area contributed by atoms with Crippen molar-refractivity contribution in [3.8, 4) is 11.5 Å². The van der Waals surface area contributed by atoms with Gasteiger partial charge >= 0.3 is 0 Å². The van der Waals surface area contributed by atoms with Crippen LogP contribution in [0.3, 0.4) is 0 Å². The Labute approximate surface area is 172 Å². The van der Waals surface area contributed by atoms with E-state index < -0.39 is 10.2 Å². The minimum absolute atomic E-state index is 0.0642. The van der Waals surface area contributed by atoms with Gasteiger partial charge in [0, 0.05) is 53.4 Å². The van der Waals surface area contributed by atoms with Crippen LogP contribution in [0.4, 0.5) is 0 Å². The van der Waals surface area contributed by atoms with Crippen molar-refractivity contribution in [2.75, 3.05) is 67.6 Å². The van der Waals surface area contributed by atoms with Crippen molar-refractivity contribution in [3.63, 3.8) is 0 Å². The Bertz CT molecular complexity index is 850. The third kappa shape index (κ3) is 4.66. The lowest BCUT2D eigenvalue weighted by atomic mass is 9.98. The first-order valence-corrected chi connectivity index (χ1v) is 11.1. The van der Waals surface area contributed by atoms with E-state index in [9.17, 15) is 13.2 Å². The molecule has 29 heavy (non-hydrogen) atoms. The quantitative estimate of drug-likeness (QED) is 0.638. The summed E-state index contributed by atoms with van der Waals surface area (Å²) in [4.78, 5) is 16.7. The standard InChI is InChI=1S/C19H30N4O5S/c1-20(2)29(25,26)23-9-7-21(8-10-23)14-19(24)22-6-5-15-11-17(27-3)18(28-4)12-16(15)13-22/h11-12H,5-10,13-14H2,1-4H3. The van der Waals surface area contributed by atoms with E-state index in [1.165, 1.54) is 28.3 Å². The average molecular weight is 427 g/mol. The van der Waals surface area contributed by atoms with Gasteiger partial charge < -0.3 is 14.4 Å². The fourth-order valence-corrected chi connectivity index (χ4v) is 4.82. The molecule has 2 aliphatic heterocycles. The van der Waals surface area contributed by atoms with E-state index in [1.807, 2.05) is 21.9 Å². The molecule has 1 saturated heterocycles. The molecule has 0 aliphatic carbocycles. The van der Waals surface area contributed by atoms with Gasteiger partial charge in [-0.1, -0.05) is 0 Å². The number of carbonyl (C=O) groups excluding carboxylic acids is 1. The van der Waals surface area contributed by atoms with Crippen LogP contribution in [0, 0.1) is 0 Å². The highest BCUT2D eigenvalue weighted by molar-refractivity contribution is 7.86. The Morgan fingerprint density at radius 3 is 2.14 bits per heavy atom. The Morgan fingerprint density at radius 1 is 1.00 bits per heavy atom. The van der Waals surface area contributed by atoms with Crippen LogP contribution >= 0.6 is 0 Å². The minimum Gasteiger partial charge on any atom is -0.493 e. The van der Waals surface area contributed by atoms with E-state index in [-0.39, 0.29) is 5.91 Å². The zero-order valence-electron chi connectivity index (χ0n) is 17.5. The van der Waals surface area contributed by atoms with Crippen LogP contribution in [-0.4, -0.2) is 100 Å². The van der Waals surface area contributed by atoms with E-state index in [0.717, 1.165) is 12.0 Å². The highest BCUT2D eigenvalue weighted by Gasteiger charge is 2.30. The molecule has 1 amide bonds. The van der Waals surface area contributed by atoms with Crippen LogP contribution in [0.15, 0.2) is 12.1 Å². The van der Waals surface area contributed by atoms with E-state index in [4.69, 9.17) is 9.47 Å². The first kappa shape index (κ1) is 21.8. The number of carbonyl (C=O) groups is 1. The molecule has 0 aromatic heterocycles. The number of benzene rings is 1. The molecule has 0 saturated carbocycles. The molecule has 162 valence electrons. The van der Waals surface area contributed by atoms with E-state index in [1.54, 1.807) is 14.2 Å². The van der Waals surface area contributed by atoms with Crippen LogP contribution < -0.4 is 9.47 Å². The number of ether oxygens (including phenoxy) is 2. The molecule has 0 unspecified atom stereocenters. The van der Waals surface area contributed by atoms with E-state index in [0.29, 0.717) is 57.3 Å². The Balaban J connectivity index is 1.58. The number of piperazine rings is 1. The summed E-state index contributed by atoms with van der Waals surface area (Å²) in [5, 5.41) is 0. The van der Waals surface area contributed by atoms with Crippen molar-refractivity contribution >= 4 is 16.1 Å². The number of rotatable bonds is 6. The summed E-state index contributed by atoms with van der Waals surface area (Å²) in [6, 6.07) is 3.93. The summed E-state index contributed by atoms with van der Waals surface area (Å²) in [5.41, 5.74) is 2.25. The van der Waals surface area contributed by atoms with E-state index >= 15 is 0 Å². The van der Waals surface area contributed by atoms with Crippen LogP contribution in [0.5, 0.6) is 11.5 Å². The molecule has 0 bridgehead atoms. The molecule has 1 aromatic rings. The fourth-order valence-electron chi connectivity index (χ4n) is 3.74. The third-order valence-corrected chi connectivity index (χ3v) is 7.49. The lowest BCUT2D eigenvalue weighted by Crippen LogP contribution is -2.53. The van der Waals surface area contributed by atoms with Crippen LogP contribution in [0.25, 0.3) is 0 Å². The molecule has 1 aromatic carbocycles. The summed E-state index contributed by atoms with van der Waals surface area (Å²) in [5.74, 6) is 1.43.